The van der Waals surface area contributed by atoms with Gasteiger partial charge in [-0.25, -0.2) is 8.42 Å². The molecule has 0 atom stereocenters. The lowest BCUT2D eigenvalue weighted by Crippen LogP contribution is -2.44. The number of nitrogens with zero attached hydrogens (tertiary/aromatic N) is 1. The summed E-state index contributed by atoms with van der Waals surface area (Å²) in [5, 5.41) is 3.05. The van der Waals surface area contributed by atoms with Crippen molar-refractivity contribution in [3.05, 3.63) is 58.2 Å². The van der Waals surface area contributed by atoms with Crippen LogP contribution >= 0.6 is 22.6 Å². The Morgan fingerprint density at radius 1 is 0.964 bits per heavy atom. The number of benzene rings is 2. The van der Waals surface area contributed by atoms with Crippen molar-refractivity contribution in [3.8, 4) is 0 Å². The molecule has 2 aromatic rings. The van der Waals surface area contributed by atoms with Crippen LogP contribution in [0.2, 0.25) is 0 Å². The maximum atomic E-state index is 13.2. The SMILES string of the molecule is O=C(CN(c1ccc(I)cc1)S(=O)(=O)c1ccccc1)NC1CCCCCC1. The maximum Gasteiger partial charge on any atom is 0.264 e. The van der Waals surface area contributed by atoms with Gasteiger partial charge in [-0.3, -0.25) is 9.10 Å². The van der Waals surface area contributed by atoms with Crippen LogP contribution in [0, 0.1) is 3.57 Å². The second-order valence-electron chi connectivity index (χ2n) is 7.06. The highest BCUT2D eigenvalue weighted by atomic mass is 127. The summed E-state index contributed by atoms with van der Waals surface area (Å²) >= 11 is 2.17. The molecule has 0 heterocycles. The first-order valence-electron chi connectivity index (χ1n) is 9.59. The van der Waals surface area contributed by atoms with Gasteiger partial charge < -0.3 is 5.32 Å². The third-order valence-corrected chi connectivity index (χ3v) is 7.46. The van der Waals surface area contributed by atoms with Crippen LogP contribution in [-0.4, -0.2) is 26.9 Å². The topological polar surface area (TPSA) is 66.5 Å². The average Bonchev–Trinajstić information content (AvgIpc) is 2.96. The zero-order chi connectivity index (χ0) is 20.0. The van der Waals surface area contributed by atoms with Crippen LogP contribution in [0.5, 0.6) is 0 Å². The van der Waals surface area contributed by atoms with Gasteiger partial charge in [0, 0.05) is 9.61 Å². The number of anilines is 1. The first-order valence-corrected chi connectivity index (χ1v) is 12.1. The number of amides is 1. The molecule has 0 unspecified atom stereocenters. The standard InChI is InChI=1S/C21H25IN2O3S/c22-17-12-14-19(15-13-17)24(28(26,27)20-10-6-3-7-11-20)16-21(25)23-18-8-4-1-2-5-9-18/h3,6-7,10-15,18H,1-2,4-5,8-9,16H2,(H,23,25). The van der Waals surface area contributed by atoms with Crippen molar-refractivity contribution >= 4 is 44.2 Å². The fourth-order valence-electron chi connectivity index (χ4n) is 3.47. The van der Waals surface area contributed by atoms with Crippen molar-refractivity contribution < 1.29 is 13.2 Å². The Balaban J connectivity index is 1.84. The molecule has 1 saturated carbocycles. The zero-order valence-electron chi connectivity index (χ0n) is 15.7. The summed E-state index contributed by atoms with van der Waals surface area (Å²) in [5.41, 5.74) is 0.486. The molecule has 3 rings (SSSR count). The van der Waals surface area contributed by atoms with Crippen LogP contribution < -0.4 is 9.62 Å². The fraction of sp³-hybridized carbons (Fsp3) is 0.381. The number of hydrogen-bond acceptors (Lipinski definition) is 3. The summed E-state index contributed by atoms with van der Waals surface area (Å²) < 4.78 is 28.7. The van der Waals surface area contributed by atoms with Gasteiger partial charge in [-0.2, -0.15) is 0 Å². The van der Waals surface area contributed by atoms with Crippen LogP contribution in [0.4, 0.5) is 5.69 Å². The summed E-state index contributed by atoms with van der Waals surface area (Å²) in [5.74, 6) is -0.259. The number of hydrogen-bond donors (Lipinski definition) is 1. The molecule has 150 valence electrons. The Morgan fingerprint density at radius 3 is 2.18 bits per heavy atom. The van der Waals surface area contributed by atoms with E-state index in [1.54, 1.807) is 42.5 Å². The molecule has 7 heteroatoms. The molecule has 0 bridgehead atoms. The van der Waals surface area contributed by atoms with Crippen molar-refractivity contribution in [1.82, 2.24) is 5.32 Å². The molecule has 0 spiro atoms. The Hall–Kier alpha value is -1.61. The molecule has 5 nitrogen and oxygen atoms in total. The molecule has 28 heavy (non-hydrogen) atoms. The van der Waals surface area contributed by atoms with Crippen molar-refractivity contribution in [3.63, 3.8) is 0 Å². The summed E-state index contributed by atoms with van der Waals surface area (Å²) in [6.45, 7) is -0.228. The number of halogens is 1. The maximum absolute atomic E-state index is 13.2. The minimum atomic E-state index is -3.84. The Bertz CT molecular complexity index is 878. The van der Waals surface area contributed by atoms with E-state index in [0.29, 0.717) is 5.69 Å². The van der Waals surface area contributed by atoms with Crippen molar-refractivity contribution in [1.29, 1.82) is 0 Å². The van der Waals surface area contributed by atoms with E-state index in [2.05, 4.69) is 27.9 Å². The predicted molar refractivity (Wildman–Crippen MR) is 120 cm³/mol. The second kappa shape index (κ2) is 9.73. The third-order valence-electron chi connectivity index (χ3n) is 4.95. The first kappa shape index (κ1) is 21.1. The fourth-order valence-corrected chi connectivity index (χ4v) is 5.27. The molecule has 0 radical (unpaired) electrons. The number of nitrogens with one attached hydrogen (secondary N) is 1. The first-order chi connectivity index (χ1) is 13.5. The van der Waals surface area contributed by atoms with Gasteiger partial charge >= 0.3 is 0 Å². The zero-order valence-corrected chi connectivity index (χ0v) is 18.7. The van der Waals surface area contributed by atoms with Gasteiger partial charge in [0.15, 0.2) is 0 Å². The van der Waals surface area contributed by atoms with Gasteiger partial charge in [0.25, 0.3) is 10.0 Å². The van der Waals surface area contributed by atoms with Crippen LogP contribution in [0.25, 0.3) is 0 Å². The van der Waals surface area contributed by atoms with Gasteiger partial charge in [0.2, 0.25) is 5.91 Å². The summed E-state index contributed by atoms with van der Waals surface area (Å²) in [6.07, 6.45) is 6.52. The Labute approximate surface area is 180 Å². The molecule has 1 aliphatic carbocycles. The summed E-state index contributed by atoms with van der Waals surface area (Å²) in [7, 11) is -3.84. The highest BCUT2D eigenvalue weighted by Gasteiger charge is 2.28. The number of rotatable bonds is 6. The van der Waals surface area contributed by atoms with Crippen molar-refractivity contribution in [2.45, 2.75) is 49.5 Å². The largest absolute Gasteiger partial charge is 0.352 e. The molecule has 1 aliphatic rings. The molecule has 1 N–H and O–H groups in total. The van der Waals surface area contributed by atoms with E-state index in [9.17, 15) is 13.2 Å². The Kier molecular flexibility index (Phi) is 7.34. The van der Waals surface area contributed by atoms with Gasteiger partial charge in [0.1, 0.15) is 6.54 Å². The van der Waals surface area contributed by atoms with Gasteiger partial charge in [-0.05, 0) is 71.8 Å². The van der Waals surface area contributed by atoms with Crippen molar-refractivity contribution in [2.75, 3.05) is 10.8 Å². The third kappa shape index (κ3) is 5.47. The lowest BCUT2D eigenvalue weighted by atomic mass is 10.1. The lowest BCUT2D eigenvalue weighted by Gasteiger charge is -2.25. The van der Waals surface area contributed by atoms with Gasteiger partial charge in [0.05, 0.1) is 10.6 Å². The average molecular weight is 512 g/mol. The van der Waals surface area contributed by atoms with Crippen molar-refractivity contribution in [2.24, 2.45) is 0 Å². The van der Waals surface area contributed by atoms with E-state index >= 15 is 0 Å². The molecule has 1 fully saturated rings. The highest BCUT2D eigenvalue weighted by molar-refractivity contribution is 14.1. The lowest BCUT2D eigenvalue weighted by molar-refractivity contribution is -0.120. The minimum absolute atomic E-state index is 0.132. The van der Waals surface area contributed by atoms with Crippen LogP contribution in [0.1, 0.15) is 38.5 Å². The monoisotopic (exact) mass is 512 g/mol. The van der Waals surface area contributed by atoms with Crippen LogP contribution in [0.3, 0.4) is 0 Å². The van der Waals surface area contributed by atoms with E-state index in [0.717, 1.165) is 29.3 Å². The van der Waals surface area contributed by atoms with E-state index in [1.165, 1.54) is 17.1 Å². The smallest absolute Gasteiger partial charge is 0.264 e. The molecule has 0 aliphatic heterocycles. The summed E-state index contributed by atoms with van der Waals surface area (Å²) in [4.78, 5) is 12.9. The van der Waals surface area contributed by atoms with Gasteiger partial charge in [-0.1, -0.05) is 43.9 Å². The van der Waals surface area contributed by atoms with E-state index in [1.807, 2.05) is 12.1 Å². The van der Waals surface area contributed by atoms with E-state index < -0.39 is 10.0 Å². The normalized spacial score (nSPS) is 15.6. The second-order valence-corrected chi connectivity index (χ2v) is 10.2. The number of carbonyl (C=O) groups is 1. The number of carbonyl (C=O) groups excluding carboxylic acids is 1. The quantitative estimate of drug-likeness (QED) is 0.463. The minimum Gasteiger partial charge on any atom is -0.352 e. The van der Waals surface area contributed by atoms with E-state index in [4.69, 9.17) is 0 Å². The van der Waals surface area contributed by atoms with Crippen LogP contribution in [-0.2, 0) is 14.8 Å². The molecule has 2 aromatic carbocycles. The summed E-state index contributed by atoms with van der Waals surface area (Å²) in [6, 6.07) is 15.5. The molecular formula is C21H25IN2O3S. The predicted octanol–water partition coefficient (Wildman–Crippen LogP) is 4.33. The van der Waals surface area contributed by atoms with Crippen LogP contribution in [0.15, 0.2) is 59.5 Å². The van der Waals surface area contributed by atoms with E-state index in [-0.39, 0.29) is 23.4 Å². The Morgan fingerprint density at radius 2 is 1.57 bits per heavy atom. The van der Waals surface area contributed by atoms with Gasteiger partial charge in [-0.15, -0.1) is 0 Å². The number of sulfonamides is 1. The molecule has 0 aromatic heterocycles. The molecule has 0 saturated heterocycles. The molecule has 1 amide bonds. The molecular weight excluding hydrogens is 487 g/mol. The highest BCUT2D eigenvalue weighted by Crippen LogP contribution is 2.24.